The molecule has 0 rings (SSSR count). The van der Waals surface area contributed by atoms with Crippen molar-refractivity contribution in [3.63, 3.8) is 0 Å². The Kier molecular flexibility index (Phi) is 4.55. The zero-order valence-electron chi connectivity index (χ0n) is 8.60. The first kappa shape index (κ1) is 13.1. The van der Waals surface area contributed by atoms with Crippen LogP contribution in [-0.2, 0) is 9.09 Å². The van der Waals surface area contributed by atoms with Gasteiger partial charge in [0, 0.05) is 6.42 Å². The maximum atomic E-state index is 10.6. The standard InChI is InChI=1S/C7H18NO4P/c1-5-6-7(8(2,3)4)12-13(9,10)11/h7H,5-6H2,1-4H3,(H-,9,10,11)/p+1. The molecule has 5 nitrogen and oxygen atoms in total. The quantitative estimate of drug-likeness (QED) is 0.404. The summed E-state index contributed by atoms with van der Waals surface area (Å²) in [6.07, 6.45) is 1.01. The van der Waals surface area contributed by atoms with Crippen molar-refractivity contribution >= 4 is 7.82 Å². The van der Waals surface area contributed by atoms with Crippen LogP contribution < -0.4 is 0 Å². The molecule has 2 N–H and O–H groups in total. The van der Waals surface area contributed by atoms with Gasteiger partial charge in [-0.25, -0.2) is 9.09 Å². The van der Waals surface area contributed by atoms with E-state index >= 15 is 0 Å². The van der Waals surface area contributed by atoms with Gasteiger partial charge in [0.15, 0.2) is 0 Å². The molecule has 80 valence electrons. The van der Waals surface area contributed by atoms with Crippen LogP contribution in [0.5, 0.6) is 0 Å². The van der Waals surface area contributed by atoms with E-state index in [-0.39, 0.29) is 0 Å². The summed E-state index contributed by atoms with van der Waals surface area (Å²) in [4.78, 5) is 17.3. The lowest BCUT2D eigenvalue weighted by Crippen LogP contribution is -2.46. The maximum Gasteiger partial charge on any atom is 0.474 e. The van der Waals surface area contributed by atoms with E-state index in [1.807, 2.05) is 28.1 Å². The second kappa shape index (κ2) is 4.53. The van der Waals surface area contributed by atoms with Crippen LogP contribution in [0.3, 0.4) is 0 Å². The molecule has 13 heavy (non-hydrogen) atoms. The van der Waals surface area contributed by atoms with Crippen LogP contribution in [0.15, 0.2) is 0 Å². The van der Waals surface area contributed by atoms with Crippen LogP contribution in [0.2, 0.25) is 0 Å². The van der Waals surface area contributed by atoms with Crippen molar-refractivity contribution in [3.8, 4) is 0 Å². The van der Waals surface area contributed by atoms with E-state index in [4.69, 9.17) is 9.79 Å². The predicted molar refractivity (Wildman–Crippen MR) is 49.9 cm³/mol. The van der Waals surface area contributed by atoms with Crippen molar-refractivity contribution in [1.82, 2.24) is 0 Å². The minimum Gasteiger partial charge on any atom is -0.305 e. The fourth-order valence-corrected chi connectivity index (χ4v) is 1.69. The lowest BCUT2D eigenvalue weighted by Gasteiger charge is -2.33. The molecule has 0 heterocycles. The van der Waals surface area contributed by atoms with E-state index in [9.17, 15) is 4.57 Å². The van der Waals surface area contributed by atoms with E-state index in [2.05, 4.69) is 4.52 Å². The van der Waals surface area contributed by atoms with Gasteiger partial charge < -0.3 is 14.3 Å². The molecule has 0 saturated carbocycles. The third kappa shape index (κ3) is 6.18. The molecule has 0 aliphatic rings. The molecule has 0 amide bonds. The third-order valence-electron chi connectivity index (χ3n) is 1.66. The molecular weight excluding hydrogens is 193 g/mol. The van der Waals surface area contributed by atoms with E-state index in [1.54, 1.807) is 0 Å². The summed E-state index contributed by atoms with van der Waals surface area (Å²) in [5, 5.41) is 0. The van der Waals surface area contributed by atoms with Crippen molar-refractivity contribution in [2.45, 2.75) is 26.0 Å². The van der Waals surface area contributed by atoms with Crippen LogP contribution in [0.25, 0.3) is 0 Å². The van der Waals surface area contributed by atoms with Gasteiger partial charge in [-0.3, -0.25) is 0 Å². The molecule has 0 radical (unpaired) electrons. The molecule has 1 atom stereocenters. The fourth-order valence-electron chi connectivity index (χ4n) is 0.987. The minimum atomic E-state index is -4.36. The Morgan fingerprint density at radius 2 is 1.85 bits per heavy atom. The Labute approximate surface area is 79.2 Å². The van der Waals surface area contributed by atoms with Gasteiger partial charge in [0.1, 0.15) is 0 Å². The Balaban J connectivity index is 4.36. The van der Waals surface area contributed by atoms with Gasteiger partial charge in [-0.2, -0.15) is 0 Å². The summed E-state index contributed by atoms with van der Waals surface area (Å²) in [5.41, 5.74) is 0. The molecule has 0 bridgehead atoms. The molecule has 6 heteroatoms. The molecule has 0 aromatic heterocycles. The molecule has 0 spiro atoms. The number of hydrogen-bond acceptors (Lipinski definition) is 2. The average molecular weight is 212 g/mol. The van der Waals surface area contributed by atoms with Crippen LogP contribution in [0.1, 0.15) is 19.8 Å². The second-order valence-corrected chi connectivity index (χ2v) is 5.15. The van der Waals surface area contributed by atoms with E-state index in [0.717, 1.165) is 6.42 Å². The fraction of sp³-hybridized carbons (Fsp3) is 1.00. The van der Waals surface area contributed by atoms with Crippen molar-refractivity contribution < 1.29 is 23.4 Å². The number of nitrogens with zero attached hydrogens (tertiary/aromatic N) is 1. The molecule has 0 fully saturated rings. The number of hydrogen-bond donors (Lipinski definition) is 2. The zero-order chi connectivity index (χ0) is 10.7. The first-order valence-corrected chi connectivity index (χ1v) is 5.75. The monoisotopic (exact) mass is 212 g/mol. The third-order valence-corrected chi connectivity index (χ3v) is 2.18. The summed E-state index contributed by atoms with van der Waals surface area (Å²) in [6.45, 7) is 1.95. The molecule has 0 aliphatic heterocycles. The first-order chi connectivity index (χ1) is 5.67. The average Bonchev–Trinajstić information content (AvgIpc) is 1.81. The van der Waals surface area contributed by atoms with Crippen LogP contribution in [-0.4, -0.2) is 41.6 Å². The maximum absolute atomic E-state index is 10.6. The molecule has 0 aliphatic carbocycles. The Morgan fingerprint density at radius 3 is 2.08 bits per heavy atom. The molecule has 0 aromatic rings. The number of phosphoric ester groups is 1. The Bertz CT molecular complexity index is 195. The number of quaternary nitrogens is 1. The highest BCUT2D eigenvalue weighted by molar-refractivity contribution is 7.46. The van der Waals surface area contributed by atoms with Gasteiger partial charge in [0.2, 0.25) is 6.23 Å². The lowest BCUT2D eigenvalue weighted by atomic mass is 10.3. The van der Waals surface area contributed by atoms with Gasteiger partial charge in [0.05, 0.1) is 21.1 Å². The number of rotatable bonds is 5. The van der Waals surface area contributed by atoms with Crippen molar-refractivity contribution in [2.24, 2.45) is 0 Å². The summed E-state index contributed by atoms with van der Waals surface area (Å²) in [7, 11) is 1.17. The molecule has 0 saturated heterocycles. The van der Waals surface area contributed by atoms with Crippen molar-refractivity contribution in [3.05, 3.63) is 0 Å². The topological polar surface area (TPSA) is 66.8 Å². The lowest BCUT2D eigenvalue weighted by molar-refractivity contribution is -0.916. The van der Waals surface area contributed by atoms with Crippen LogP contribution in [0.4, 0.5) is 0 Å². The second-order valence-electron chi connectivity index (χ2n) is 3.96. The summed E-state index contributed by atoms with van der Waals surface area (Å²) >= 11 is 0. The summed E-state index contributed by atoms with van der Waals surface area (Å²) in [6, 6.07) is 0. The highest BCUT2D eigenvalue weighted by Crippen LogP contribution is 2.39. The van der Waals surface area contributed by atoms with Crippen molar-refractivity contribution in [1.29, 1.82) is 0 Å². The molecule has 1 unspecified atom stereocenters. The number of phosphoric acid groups is 1. The van der Waals surface area contributed by atoms with Gasteiger partial charge in [-0.1, -0.05) is 6.92 Å². The highest BCUT2D eigenvalue weighted by Gasteiger charge is 2.31. The highest BCUT2D eigenvalue weighted by atomic mass is 31.2. The Hall–Kier alpha value is 0.0700. The van der Waals surface area contributed by atoms with Gasteiger partial charge in [0.25, 0.3) is 0 Å². The molecule has 0 aromatic carbocycles. The normalized spacial score (nSPS) is 15.8. The smallest absolute Gasteiger partial charge is 0.305 e. The van der Waals surface area contributed by atoms with E-state index in [1.165, 1.54) is 0 Å². The van der Waals surface area contributed by atoms with Crippen molar-refractivity contribution in [2.75, 3.05) is 21.1 Å². The predicted octanol–water partition coefficient (Wildman–Crippen LogP) is 0.928. The van der Waals surface area contributed by atoms with E-state index < -0.39 is 14.1 Å². The zero-order valence-corrected chi connectivity index (χ0v) is 9.49. The van der Waals surface area contributed by atoms with E-state index in [0.29, 0.717) is 10.9 Å². The SMILES string of the molecule is CCCC(OP(=O)(O)O)[N+](C)(C)C. The van der Waals surface area contributed by atoms with Gasteiger partial charge in [-0.05, 0) is 6.42 Å². The van der Waals surface area contributed by atoms with Gasteiger partial charge in [-0.15, -0.1) is 0 Å². The van der Waals surface area contributed by atoms with Gasteiger partial charge >= 0.3 is 7.82 Å². The molecular formula is C7H19NO4P+. The Morgan fingerprint density at radius 1 is 1.38 bits per heavy atom. The van der Waals surface area contributed by atoms with Crippen LogP contribution >= 0.6 is 7.82 Å². The minimum absolute atomic E-state index is 0.388. The van der Waals surface area contributed by atoms with Crippen LogP contribution in [0, 0.1) is 0 Å². The first-order valence-electron chi connectivity index (χ1n) is 4.22. The summed E-state index contributed by atoms with van der Waals surface area (Å²) in [5.74, 6) is 0. The largest absolute Gasteiger partial charge is 0.474 e. The summed E-state index contributed by atoms with van der Waals surface area (Å²) < 4.78 is 15.7.